The number of hydrogen-bond acceptors (Lipinski definition) is 3. The van der Waals surface area contributed by atoms with E-state index in [1.54, 1.807) is 0 Å². The molecule has 0 spiro atoms. The minimum atomic E-state index is -0.708. The van der Waals surface area contributed by atoms with Gasteiger partial charge in [-0.15, -0.1) is 0 Å². The lowest BCUT2D eigenvalue weighted by atomic mass is 9.92. The Morgan fingerprint density at radius 3 is 2.67 bits per heavy atom. The zero-order valence-corrected chi connectivity index (χ0v) is 12.0. The van der Waals surface area contributed by atoms with Crippen LogP contribution in [-0.4, -0.2) is 48.2 Å². The zero-order valence-electron chi connectivity index (χ0n) is 12.0. The molecule has 0 aliphatic carbocycles. The molecule has 0 aromatic rings. The molecule has 1 unspecified atom stereocenters. The number of rotatable bonds is 7. The van der Waals surface area contributed by atoms with Gasteiger partial charge in [0.1, 0.15) is 0 Å². The van der Waals surface area contributed by atoms with Crippen molar-refractivity contribution in [2.45, 2.75) is 52.5 Å². The van der Waals surface area contributed by atoms with Crippen molar-refractivity contribution >= 4 is 5.97 Å². The number of piperidine rings is 1. The van der Waals surface area contributed by atoms with Gasteiger partial charge in [0.15, 0.2) is 0 Å². The highest BCUT2D eigenvalue weighted by molar-refractivity contribution is 5.73. The van der Waals surface area contributed by atoms with Gasteiger partial charge in [-0.2, -0.15) is 0 Å². The topological polar surface area (TPSA) is 52.6 Å². The molecule has 0 bridgehead atoms. The fourth-order valence-corrected chi connectivity index (χ4v) is 2.57. The largest absolute Gasteiger partial charge is 0.481 e. The quantitative estimate of drug-likeness (QED) is 0.731. The van der Waals surface area contributed by atoms with E-state index < -0.39 is 11.4 Å². The van der Waals surface area contributed by atoms with Gasteiger partial charge in [0.05, 0.1) is 5.41 Å². The summed E-state index contributed by atoms with van der Waals surface area (Å²) < 4.78 is 0. The summed E-state index contributed by atoms with van der Waals surface area (Å²) in [4.78, 5) is 13.5. The highest BCUT2D eigenvalue weighted by atomic mass is 16.4. The monoisotopic (exact) mass is 256 g/mol. The lowest BCUT2D eigenvalue weighted by Gasteiger charge is -2.34. The molecule has 4 heteroatoms. The third-order valence-corrected chi connectivity index (χ3v) is 3.63. The van der Waals surface area contributed by atoms with Crippen molar-refractivity contribution in [2.75, 3.05) is 26.2 Å². The molecule has 1 saturated heterocycles. The van der Waals surface area contributed by atoms with Crippen molar-refractivity contribution in [3.05, 3.63) is 0 Å². The molecule has 1 rings (SSSR count). The van der Waals surface area contributed by atoms with Crippen molar-refractivity contribution in [2.24, 2.45) is 5.41 Å². The first kappa shape index (κ1) is 15.4. The van der Waals surface area contributed by atoms with Crippen LogP contribution in [0.25, 0.3) is 0 Å². The Morgan fingerprint density at radius 1 is 1.44 bits per heavy atom. The van der Waals surface area contributed by atoms with Crippen LogP contribution in [0.3, 0.4) is 0 Å². The summed E-state index contributed by atoms with van der Waals surface area (Å²) >= 11 is 0. The van der Waals surface area contributed by atoms with E-state index in [9.17, 15) is 9.90 Å². The lowest BCUT2D eigenvalue weighted by molar-refractivity contribution is -0.148. The molecule has 0 aromatic carbocycles. The first-order valence-corrected chi connectivity index (χ1v) is 7.15. The van der Waals surface area contributed by atoms with Crippen LogP contribution >= 0.6 is 0 Å². The summed E-state index contributed by atoms with van der Waals surface area (Å²) in [5.74, 6) is -0.708. The average molecular weight is 256 g/mol. The summed E-state index contributed by atoms with van der Waals surface area (Å²) in [5.41, 5.74) is -0.663. The predicted molar refractivity (Wildman–Crippen MR) is 73.8 cm³/mol. The van der Waals surface area contributed by atoms with Crippen molar-refractivity contribution in [3.8, 4) is 0 Å². The molecule has 0 aromatic heterocycles. The molecular weight excluding hydrogens is 228 g/mol. The SMILES string of the molecule is CCCN(CC1CCCCN1)CC(C)(C)C(=O)O. The molecule has 1 atom stereocenters. The number of carbonyl (C=O) groups is 1. The van der Waals surface area contributed by atoms with Gasteiger partial charge in [-0.25, -0.2) is 0 Å². The van der Waals surface area contributed by atoms with Gasteiger partial charge in [0.2, 0.25) is 0 Å². The van der Waals surface area contributed by atoms with Crippen LogP contribution in [-0.2, 0) is 4.79 Å². The van der Waals surface area contributed by atoms with Gasteiger partial charge in [-0.3, -0.25) is 4.79 Å². The van der Waals surface area contributed by atoms with Crippen LogP contribution in [0.15, 0.2) is 0 Å². The van der Waals surface area contributed by atoms with E-state index >= 15 is 0 Å². The van der Waals surface area contributed by atoms with Gasteiger partial charge in [0.25, 0.3) is 0 Å². The van der Waals surface area contributed by atoms with E-state index in [1.807, 2.05) is 13.8 Å². The molecule has 1 heterocycles. The summed E-state index contributed by atoms with van der Waals surface area (Å²) in [5, 5.41) is 12.8. The van der Waals surface area contributed by atoms with Crippen LogP contribution in [0.1, 0.15) is 46.5 Å². The van der Waals surface area contributed by atoms with Crippen LogP contribution in [0.2, 0.25) is 0 Å². The van der Waals surface area contributed by atoms with Gasteiger partial charge in [0, 0.05) is 19.1 Å². The average Bonchev–Trinajstić information content (AvgIpc) is 2.30. The number of carboxylic acid groups (broad SMARTS) is 1. The molecule has 1 aliphatic rings. The number of hydrogen-bond donors (Lipinski definition) is 2. The van der Waals surface area contributed by atoms with E-state index in [-0.39, 0.29) is 0 Å². The molecular formula is C14H28N2O2. The third kappa shape index (κ3) is 4.94. The lowest BCUT2D eigenvalue weighted by Crippen LogP contribution is -2.47. The van der Waals surface area contributed by atoms with E-state index in [4.69, 9.17) is 0 Å². The molecule has 106 valence electrons. The van der Waals surface area contributed by atoms with Crippen molar-refractivity contribution in [1.82, 2.24) is 10.2 Å². The molecule has 1 fully saturated rings. The van der Waals surface area contributed by atoms with E-state index in [0.29, 0.717) is 12.6 Å². The van der Waals surface area contributed by atoms with Crippen LogP contribution in [0.4, 0.5) is 0 Å². The summed E-state index contributed by atoms with van der Waals surface area (Å²) in [6.45, 7) is 9.47. The maximum Gasteiger partial charge on any atom is 0.310 e. The Hall–Kier alpha value is -0.610. The molecule has 0 radical (unpaired) electrons. The van der Waals surface area contributed by atoms with Crippen LogP contribution < -0.4 is 5.32 Å². The first-order chi connectivity index (χ1) is 8.45. The van der Waals surface area contributed by atoms with Crippen LogP contribution in [0.5, 0.6) is 0 Å². The fourth-order valence-electron chi connectivity index (χ4n) is 2.57. The molecule has 1 aliphatic heterocycles. The van der Waals surface area contributed by atoms with E-state index in [0.717, 1.165) is 26.1 Å². The highest BCUT2D eigenvalue weighted by Crippen LogP contribution is 2.18. The molecule has 0 amide bonds. The zero-order chi connectivity index (χ0) is 13.6. The Balaban J connectivity index is 2.50. The Morgan fingerprint density at radius 2 is 2.17 bits per heavy atom. The second-order valence-electron chi connectivity index (χ2n) is 6.07. The Bertz CT molecular complexity index is 261. The standard InChI is InChI=1S/C14H28N2O2/c1-4-9-16(11-14(2,3)13(17)18)10-12-7-5-6-8-15-12/h12,15H,4-11H2,1-3H3,(H,17,18). The van der Waals surface area contributed by atoms with Crippen LogP contribution in [0, 0.1) is 5.41 Å². The summed E-state index contributed by atoms with van der Waals surface area (Å²) in [7, 11) is 0. The van der Waals surface area contributed by atoms with E-state index in [2.05, 4.69) is 17.1 Å². The molecule has 0 saturated carbocycles. The first-order valence-electron chi connectivity index (χ1n) is 7.15. The molecule has 2 N–H and O–H groups in total. The fraction of sp³-hybridized carbons (Fsp3) is 0.929. The highest BCUT2D eigenvalue weighted by Gasteiger charge is 2.30. The van der Waals surface area contributed by atoms with Gasteiger partial charge in [-0.05, 0) is 46.2 Å². The third-order valence-electron chi connectivity index (χ3n) is 3.63. The predicted octanol–water partition coefficient (Wildman–Crippen LogP) is 1.95. The van der Waals surface area contributed by atoms with Gasteiger partial charge in [-0.1, -0.05) is 13.3 Å². The van der Waals surface area contributed by atoms with E-state index in [1.165, 1.54) is 19.3 Å². The van der Waals surface area contributed by atoms with Crippen molar-refractivity contribution < 1.29 is 9.90 Å². The second kappa shape index (κ2) is 7.10. The van der Waals surface area contributed by atoms with Gasteiger partial charge < -0.3 is 15.3 Å². The number of nitrogens with one attached hydrogen (secondary N) is 1. The second-order valence-corrected chi connectivity index (χ2v) is 6.07. The maximum atomic E-state index is 11.2. The maximum absolute atomic E-state index is 11.2. The summed E-state index contributed by atoms with van der Waals surface area (Å²) in [6, 6.07) is 0.537. The Kier molecular flexibility index (Phi) is 6.09. The number of aliphatic carboxylic acids is 1. The molecule has 4 nitrogen and oxygen atoms in total. The minimum Gasteiger partial charge on any atom is -0.481 e. The Labute approximate surface area is 111 Å². The molecule has 18 heavy (non-hydrogen) atoms. The van der Waals surface area contributed by atoms with Gasteiger partial charge >= 0.3 is 5.97 Å². The summed E-state index contributed by atoms with van der Waals surface area (Å²) in [6.07, 6.45) is 4.85. The minimum absolute atomic E-state index is 0.537. The van der Waals surface area contributed by atoms with Crippen molar-refractivity contribution in [1.29, 1.82) is 0 Å². The number of carboxylic acids is 1. The van der Waals surface area contributed by atoms with Crippen molar-refractivity contribution in [3.63, 3.8) is 0 Å². The normalized spacial score (nSPS) is 21.2. The smallest absolute Gasteiger partial charge is 0.310 e. The number of nitrogens with zero attached hydrogens (tertiary/aromatic N) is 1.